The monoisotopic (exact) mass is 553 g/mol. The van der Waals surface area contributed by atoms with Crippen molar-refractivity contribution in [3.8, 4) is 5.75 Å². The minimum atomic E-state index is -2.46. The van der Waals surface area contributed by atoms with Gasteiger partial charge in [-0.2, -0.15) is 0 Å². The van der Waals surface area contributed by atoms with Crippen LogP contribution >= 0.6 is 0 Å². The van der Waals surface area contributed by atoms with Crippen molar-refractivity contribution in [1.82, 2.24) is 9.80 Å². The fourth-order valence-corrected chi connectivity index (χ4v) is 7.24. The number of Topliss-reactive ketones (excluding diaryl/α,β-unsaturated/α-hetero) is 2. The lowest BCUT2D eigenvalue weighted by Crippen LogP contribution is -2.60. The number of aliphatic hydroxyl groups is 3. The van der Waals surface area contributed by atoms with E-state index in [1.807, 2.05) is 0 Å². The minimum Gasteiger partial charge on any atom is -0.510 e. The molecule has 0 radical (unpaired) electrons. The Morgan fingerprint density at radius 3 is 2.40 bits per heavy atom. The number of aromatic hydroxyl groups is 1. The maximum absolute atomic E-state index is 14.1. The number of epoxide rings is 1. The zero-order valence-corrected chi connectivity index (χ0v) is 22.3. The molecule has 1 aromatic carbocycles. The third kappa shape index (κ3) is 3.29. The van der Waals surface area contributed by atoms with Crippen molar-refractivity contribution in [3.63, 3.8) is 0 Å². The van der Waals surface area contributed by atoms with Crippen LogP contribution in [0.4, 0.5) is 0 Å². The van der Waals surface area contributed by atoms with E-state index in [0.29, 0.717) is 5.56 Å². The average molecular weight is 554 g/mol. The number of fused-ring (bicyclic) bond motifs is 2. The summed E-state index contributed by atoms with van der Waals surface area (Å²) >= 11 is 0. The molecule has 2 saturated carbocycles. The van der Waals surface area contributed by atoms with Gasteiger partial charge in [-0.05, 0) is 63.4 Å². The fraction of sp³-hybridized carbons (Fsp3) is 0.500. The Hall–Kier alpha value is -3.74. The number of ketones is 2. The number of amides is 2. The van der Waals surface area contributed by atoms with E-state index in [0.717, 1.165) is 12.8 Å². The lowest BCUT2D eigenvalue weighted by atomic mass is 9.58. The van der Waals surface area contributed by atoms with E-state index < -0.39 is 58.0 Å². The number of primary amides is 1. The van der Waals surface area contributed by atoms with Gasteiger partial charge >= 0.3 is 0 Å². The van der Waals surface area contributed by atoms with Crippen molar-refractivity contribution in [2.45, 2.75) is 56.1 Å². The van der Waals surface area contributed by atoms with Crippen molar-refractivity contribution in [2.24, 2.45) is 17.6 Å². The third-order valence-electron chi connectivity index (χ3n) is 9.12. The average Bonchev–Trinajstić information content (AvgIpc) is 3.77. The van der Waals surface area contributed by atoms with Crippen LogP contribution in [0.1, 0.15) is 47.7 Å². The fourth-order valence-electron chi connectivity index (χ4n) is 7.24. The summed E-state index contributed by atoms with van der Waals surface area (Å²) in [6, 6.07) is 1.81. The first-order chi connectivity index (χ1) is 18.8. The molecule has 12 heteroatoms. The predicted octanol–water partition coefficient (Wildman–Crippen LogP) is 0.315. The number of nitrogens with two attached hydrogens (primary N) is 1. The first kappa shape index (κ1) is 26.5. The molecule has 0 aromatic heterocycles. The molecule has 3 fully saturated rings. The Bertz CT molecular complexity index is 1480. The summed E-state index contributed by atoms with van der Waals surface area (Å²) in [6.45, 7) is 1.25. The SMILES string of the molecule is CC(=O)N(CC(=O)c1ccc(O)c2c1CC1C[C@H]3[C@H](N(C)C)C(O)=C(C(N)=O)C4(O)O[C@]34C(=O)C1=C2O)C1CC1. The van der Waals surface area contributed by atoms with Gasteiger partial charge in [-0.15, -0.1) is 0 Å². The van der Waals surface area contributed by atoms with Crippen LogP contribution in [0, 0.1) is 11.8 Å². The Labute approximate surface area is 229 Å². The van der Waals surface area contributed by atoms with Crippen LogP contribution in [0.15, 0.2) is 29.0 Å². The van der Waals surface area contributed by atoms with E-state index in [1.165, 1.54) is 24.0 Å². The largest absolute Gasteiger partial charge is 0.510 e. The minimum absolute atomic E-state index is 0.0130. The molecule has 5 atom stereocenters. The molecular weight excluding hydrogens is 522 g/mol. The first-order valence-corrected chi connectivity index (χ1v) is 13.2. The van der Waals surface area contributed by atoms with E-state index in [4.69, 9.17) is 10.5 Å². The zero-order valence-electron chi connectivity index (χ0n) is 22.3. The van der Waals surface area contributed by atoms with Gasteiger partial charge in [0.05, 0.1) is 18.2 Å². The number of hydrogen-bond acceptors (Lipinski definition) is 10. The van der Waals surface area contributed by atoms with Gasteiger partial charge in [-0.3, -0.25) is 24.1 Å². The van der Waals surface area contributed by atoms with E-state index in [9.17, 15) is 39.6 Å². The van der Waals surface area contributed by atoms with Crippen molar-refractivity contribution >= 4 is 29.1 Å². The number of likely N-dealkylation sites (N-methyl/N-ethyl adjacent to an activating group) is 1. The van der Waals surface area contributed by atoms with Crippen molar-refractivity contribution in [2.75, 3.05) is 20.6 Å². The second-order valence-electron chi connectivity index (χ2n) is 11.6. The van der Waals surface area contributed by atoms with E-state index in [2.05, 4.69) is 0 Å². The molecule has 1 aliphatic heterocycles. The molecule has 4 aliphatic carbocycles. The third-order valence-corrected chi connectivity index (χ3v) is 9.12. The molecule has 212 valence electrons. The summed E-state index contributed by atoms with van der Waals surface area (Å²) in [5.74, 6) is -7.81. The van der Waals surface area contributed by atoms with Gasteiger partial charge in [0, 0.05) is 30.0 Å². The summed E-state index contributed by atoms with van der Waals surface area (Å²) in [6.07, 6.45) is 1.87. The number of carbonyl (C=O) groups is 4. The number of phenols is 1. The maximum Gasteiger partial charge on any atom is 0.253 e. The molecule has 40 heavy (non-hydrogen) atoms. The van der Waals surface area contributed by atoms with Crippen LogP contribution in [0.5, 0.6) is 5.75 Å². The van der Waals surface area contributed by atoms with Gasteiger partial charge in [-0.25, -0.2) is 0 Å². The van der Waals surface area contributed by atoms with Crippen molar-refractivity contribution in [3.05, 3.63) is 45.7 Å². The quantitative estimate of drug-likeness (QED) is 0.242. The summed E-state index contributed by atoms with van der Waals surface area (Å²) in [4.78, 5) is 55.0. The standard InChI is InChI=1S/C28H31N3O9/c1-11(32)31(13-4-5-13)10-18(34)14-6-7-17(33)20-15(14)8-12-9-16-22(30(2)3)24(36)21(26(29)38)28(39)27(16,40-28)25(37)19(12)23(20)35/h6-7,12-13,16,22,33,35-36,39H,4-5,8-10H2,1-3H3,(H2,29,38)/t12?,16-,22-,27-,28?/m0/s1. The molecule has 2 amide bonds. The highest BCUT2D eigenvalue weighted by molar-refractivity contribution is 6.14. The van der Waals surface area contributed by atoms with Crippen LogP contribution in [0.3, 0.4) is 0 Å². The molecule has 1 heterocycles. The number of rotatable bonds is 6. The normalized spacial score (nSPS) is 32.2. The molecule has 5 aliphatic rings. The van der Waals surface area contributed by atoms with Crippen LogP contribution in [-0.2, 0) is 25.5 Å². The van der Waals surface area contributed by atoms with E-state index in [-0.39, 0.29) is 59.6 Å². The number of nitrogens with zero attached hydrogens (tertiary/aromatic N) is 2. The summed E-state index contributed by atoms with van der Waals surface area (Å²) < 4.78 is 5.63. The Morgan fingerprint density at radius 1 is 1.15 bits per heavy atom. The number of phenolic OH excluding ortho intramolecular Hbond substituents is 1. The number of aliphatic hydroxyl groups excluding tert-OH is 2. The number of hydrogen-bond donors (Lipinski definition) is 5. The van der Waals surface area contributed by atoms with Gasteiger partial charge in [0.2, 0.25) is 17.5 Å². The highest BCUT2D eigenvalue weighted by atomic mass is 16.8. The number of benzene rings is 1. The van der Waals surface area contributed by atoms with Crippen LogP contribution in [0.25, 0.3) is 5.76 Å². The molecule has 1 aromatic rings. The summed E-state index contributed by atoms with van der Waals surface area (Å²) in [5.41, 5.74) is 3.31. The number of ether oxygens (including phenoxy) is 1. The van der Waals surface area contributed by atoms with Crippen molar-refractivity contribution in [1.29, 1.82) is 0 Å². The molecular formula is C28H31N3O9. The topological polar surface area (TPSA) is 194 Å². The number of carbonyl (C=O) groups excluding carboxylic acids is 4. The molecule has 2 unspecified atom stereocenters. The Kier molecular flexibility index (Phi) is 5.55. The molecule has 1 saturated heterocycles. The summed E-state index contributed by atoms with van der Waals surface area (Å²) in [5, 5.41) is 44.5. The second-order valence-corrected chi connectivity index (χ2v) is 11.6. The molecule has 12 nitrogen and oxygen atoms in total. The lowest BCUT2D eigenvalue weighted by Gasteiger charge is -2.46. The van der Waals surface area contributed by atoms with Crippen LogP contribution in [-0.4, -0.2) is 97.7 Å². The molecule has 6 N–H and O–H groups in total. The van der Waals surface area contributed by atoms with Crippen LogP contribution < -0.4 is 5.73 Å². The predicted molar refractivity (Wildman–Crippen MR) is 138 cm³/mol. The van der Waals surface area contributed by atoms with Gasteiger partial charge in [0.25, 0.3) is 5.91 Å². The summed E-state index contributed by atoms with van der Waals surface area (Å²) in [7, 11) is 3.28. The van der Waals surface area contributed by atoms with Gasteiger partial charge < -0.3 is 35.8 Å². The van der Waals surface area contributed by atoms with Gasteiger partial charge in [0.15, 0.2) is 11.4 Å². The van der Waals surface area contributed by atoms with Crippen LogP contribution in [0.2, 0.25) is 0 Å². The smallest absolute Gasteiger partial charge is 0.253 e. The second kappa shape index (κ2) is 8.38. The Morgan fingerprint density at radius 2 is 1.82 bits per heavy atom. The highest BCUT2D eigenvalue weighted by Gasteiger charge is 2.86. The molecule has 0 bridgehead atoms. The zero-order chi connectivity index (χ0) is 29.0. The van der Waals surface area contributed by atoms with E-state index >= 15 is 0 Å². The maximum atomic E-state index is 14.1. The van der Waals surface area contributed by atoms with Gasteiger partial charge in [-0.1, -0.05) is 0 Å². The van der Waals surface area contributed by atoms with Crippen molar-refractivity contribution < 1.29 is 44.3 Å². The first-order valence-electron chi connectivity index (χ1n) is 13.2. The Balaban J connectivity index is 1.45. The van der Waals surface area contributed by atoms with E-state index in [1.54, 1.807) is 19.0 Å². The highest BCUT2D eigenvalue weighted by Crippen LogP contribution is 2.67. The van der Waals surface area contributed by atoms with Gasteiger partial charge in [0.1, 0.15) is 22.8 Å². The lowest BCUT2D eigenvalue weighted by molar-refractivity contribution is -0.129. The molecule has 6 rings (SSSR count). The molecule has 1 spiro atoms.